The second kappa shape index (κ2) is 8.51. The van der Waals surface area contributed by atoms with Gasteiger partial charge in [-0.1, -0.05) is 11.6 Å². The van der Waals surface area contributed by atoms with Crippen molar-refractivity contribution in [2.45, 2.75) is 19.8 Å². The Balaban J connectivity index is 1.46. The number of imidazole rings is 1. The van der Waals surface area contributed by atoms with Crippen LogP contribution in [0.2, 0.25) is 5.02 Å². The van der Waals surface area contributed by atoms with Crippen LogP contribution in [0.4, 0.5) is 11.5 Å². The molecule has 1 aromatic carbocycles. The van der Waals surface area contributed by atoms with Gasteiger partial charge in [0.25, 0.3) is 0 Å². The van der Waals surface area contributed by atoms with Crippen LogP contribution in [0.25, 0.3) is 5.82 Å². The first-order chi connectivity index (χ1) is 14.5. The van der Waals surface area contributed by atoms with E-state index in [0.717, 1.165) is 31.0 Å². The van der Waals surface area contributed by atoms with Crippen LogP contribution in [0.3, 0.4) is 0 Å². The SMILES string of the molecule is Cc1nccn1-c1ccc(N2CCCC(C(=O)Nc3cc(Cl)ccc3C#N)C2)nn1. The van der Waals surface area contributed by atoms with Gasteiger partial charge in [-0.25, -0.2) is 4.98 Å². The topological polar surface area (TPSA) is 99.7 Å². The Bertz CT molecular complexity index is 1100. The van der Waals surface area contributed by atoms with Crippen LogP contribution in [0.1, 0.15) is 24.2 Å². The number of halogens is 1. The van der Waals surface area contributed by atoms with Crippen LogP contribution < -0.4 is 10.2 Å². The molecule has 8 nitrogen and oxygen atoms in total. The van der Waals surface area contributed by atoms with Gasteiger partial charge in [0.1, 0.15) is 11.9 Å². The second-order valence-corrected chi connectivity index (χ2v) is 7.61. The molecule has 0 aliphatic carbocycles. The Morgan fingerprint density at radius 2 is 2.07 bits per heavy atom. The highest BCUT2D eigenvalue weighted by atomic mass is 35.5. The van der Waals surface area contributed by atoms with Crippen LogP contribution in [0.15, 0.2) is 42.7 Å². The van der Waals surface area contributed by atoms with E-state index in [1.165, 1.54) is 0 Å². The molecule has 152 valence electrons. The van der Waals surface area contributed by atoms with Crippen molar-refractivity contribution >= 4 is 29.0 Å². The summed E-state index contributed by atoms with van der Waals surface area (Å²) in [6.45, 7) is 3.25. The molecule has 3 heterocycles. The normalized spacial score (nSPS) is 16.2. The minimum absolute atomic E-state index is 0.128. The summed E-state index contributed by atoms with van der Waals surface area (Å²) in [7, 11) is 0. The fourth-order valence-electron chi connectivity index (χ4n) is 3.59. The maximum absolute atomic E-state index is 12.8. The number of amides is 1. The summed E-state index contributed by atoms with van der Waals surface area (Å²) in [6.07, 6.45) is 5.19. The van der Waals surface area contributed by atoms with Crippen molar-refractivity contribution in [3.63, 3.8) is 0 Å². The number of anilines is 2. The van der Waals surface area contributed by atoms with Crippen LogP contribution in [-0.2, 0) is 4.79 Å². The van der Waals surface area contributed by atoms with E-state index in [-0.39, 0.29) is 11.8 Å². The van der Waals surface area contributed by atoms with Gasteiger partial charge < -0.3 is 10.2 Å². The Labute approximate surface area is 179 Å². The van der Waals surface area contributed by atoms with Crippen LogP contribution in [-0.4, -0.2) is 38.7 Å². The predicted molar refractivity (Wildman–Crippen MR) is 114 cm³/mol. The smallest absolute Gasteiger partial charge is 0.229 e. The summed E-state index contributed by atoms with van der Waals surface area (Å²) in [5.41, 5.74) is 0.823. The molecule has 0 radical (unpaired) electrons. The zero-order chi connectivity index (χ0) is 21.1. The van der Waals surface area contributed by atoms with Gasteiger partial charge in [-0.3, -0.25) is 9.36 Å². The molecule has 1 N–H and O–H groups in total. The monoisotopic (exact) mass is 421 g/mol. The van der Waals surface area contributed by atoms with Crippen molar-refractivity contribution in [1.29, 1.82) is 5.26 Å². The van der Waals surface area contributed by atoms with Gasteiger partial charge in [0, 0.05) is 30.5 Å². The maximum Gasteiger partial charge on any atom is 0.229 e. The molecule has 1 amide bonds. The van der Waals surface area contributed by atoms with Gasteiger partial charge in [-0.05, 0) is 50.1 Å². The number of aryl methyl sites for hydroxylation is 1. The lowest BCUT2D eigenvalue weighted by Crippen LogP contribution is -2.41. The first kappa shape index (κ1) is 19.9. The summed E-state index contributed by atoms with van der Waals surface area (Å²) in [5, 5.41) is 21.2. The van der Waals surface area contributed by atoms with Crippen LogP contribution in [0, 0.1) is 24.2 Å². The quantitative estimate of drug-likeness (QED) is 0.693. The molecular weight excluding hydrogens is 402 g/mol. The number of nitriles is 1. The highest BCUT2D eigenvalue weighted by Gasteiger charge is 2.27. The Morgan fingerprint density at radius 1 is 1.27 bits per heavy atom. The number of piperidine rings is 1. The molecule has 3 aromatic rings. The van der Waals surface area contributed by atoms with Crippen LogP contribution in [0.5, 0.6) is 0 Å². The van der Waals surface area contributed by atoms with Crippen LogP contribution >= 0.6 is 11.6 Å². The number of carbonyl (C=O) groups excluding carboxylic acids is 1. The van der Waals surface area contributed by atoms with Gasteiger partial charge in [0.2, 0.25) is 5.91 Å². The lowest BCUT2D eigenvalue weighted by molar-refractivity contribution is -0.120. The van der Waals surface area contributed by atoms with Gasteiger partial charge in [-0.15, -0.1) is 10.2 Å². The molecule has 30 heavy (non-hydrogen) atoms. The van der Waals surface area contributed by atoms with Crippen molar-refractivity contribution in [1.82, 2.24) is 19.7 Å². The standard InChI is InChI=1S/C21H20ClN7O/c1-14-24-8-10-29(14)20-7-6-19(26-27-20)28-9-2-3-16(13-28)21(30)25-18-11-17(22)5-4-15(18)12-23/h4-8,10-11,16H,2-3,9,13H2,1H3,(H,25,30). The number of carbonyl (C=O) groups is 1. The second-order valence-electron chi connectivity index (χ2n) is 7.17. The summed E-state index contributed by atoms with van der Waals surface area (Å²) in [4.78, 5) is 19.1. The zero-order valence-electron chi connectivity index (χ0n) is 16.4. The molecule has 1 saturated heterocycles. The third-order valence-corrected chi connectivity index (χ3v) is 5.42. The Kier molecular flexibility index (Phi) is 5.63. The minimum Gasteiger partial charge on any atom is -0.354 e. The largest absolute Gasteiger partial charge is 0.354 e. The fourth-order valence-corrected chi connectivity index (χ4v) is 3.76. The number of nitrogens with zero attached hydrogens (tertiary/aromatic N) is 6. The average Bonchev–Trinajstić information content (AvgIpc) is 3.20. The van der Waals surface area contributed by atoms with Gasteiger partial charge >= 0.3 is 0 Å². The summed E-state index contributed by atoms with van der Waals surface area (Å²) in [6, 6.07) is 10.7. The third-order valence-electron chi connectivity index (χ3n) is 5.19. The Morgan fingerprint density at radius 3 is 2.77 bits per heavy atom. The first-order valence-electron chi connectivity index (χ1n) is 9.64. The molecule has 9 heteroatoms. The van der Waals surface area contributed by atoms with E-state index < -0.39 is 0 Å². The summed E-state index contributed by atoms with van der Waals surface area (Å²) >= 11 is 6.02. The number of rotatable bonds is 4. The molecule has 1 aliphatic heterocycles. The first-order valence-corrected chi connectivity index (χ1v) is 10.0. The van der Waals surface area contributed by atoms with Crippen molar-refractivity contribution < 1.29 is 4.79 Å². The number of hydrogen-bond acceptors (Lipinski definition) is 6. The highest BCUT2D eigenvalue weighted by Crippen LogP contribution is 2.25. The lowest BCUT2D eigenvalue weighted by Gasteiger charge is -2.32. The number of nitrogens with one attached hydrogen (secondary N) is 1. The van der Waals surface area contributed by atoms with Gasteiger partial charge in [0.05, 0.1) is 17.2 Å². The number of aromatic nitrogens is 4. The number of benzene rings is 1. The van der Waals surface area contributed by atoms with E-state index in [0.29, 0.717) is 28.6 Å². The molecule has 2 aromatic heterocycles. The van der Waals surface area contributed by atoms with E-state index in [2.05, 4.69) is 31.5 Å². The molecule has 1 aliphatic rings. The maximum atomic E-state index is 12.8. The van der Waals surface area contributed by atoms with Crippen molar-refractivity contribution in [2.75, 3.05) is 23.3 Å². The fraction of sp³-hybridized carbons (Fsp3) is 0.286. The van der Waals surface area contributed by atoms with Gasteiger partial charge in [0.15, 0.2) is 11.6 Å². The van der Waals surface area contributed by atoms with Crippen molar-refractivity contribution in [3.05, 3.63) is 59.1 Å². The lowest BCUT2D eigenvalue weighted by atomic mass is 9.97. The predicted octanol–water partition coefficient (Wildman–Crippen LogP) is 3.35. The molecule has 4 rings (SSSR count). The van der Waals surface area contributed by atoms with E-state index in [4.69, 9.17) is 11.6 Å². The molecule has 1 atom stereocenters. The van der Waals surface area contributed by atoms with Gasteiger partial charge in [-0.2, -0.15) is 5.26 Å². The van der Waals surface area contributed by atoms with Crippen molar-refractivity contribution in [2.24, 2.45) is 5.92 Å². The van der Waals surface area contributed by atoms with E-state index in [1.54, 1.807) is 24.4 Å². The van der Waals surface area contributed by atoms with E-state index >= 15 is 0 Å². The Hall–Kier alpha value is -3.44. The zero-order valence-corrected chi connectivity index (χ0v) is 17.2. The van der Waals surface area contributed by atoms with Crippen molar-refractivity contribution in [3.8, 4) is 11.9 Å². The molecule has 1 fully saturated rings. The molecular formula is C21H20ClN7O. The van der Waals surface area contributed by atoms with E-state index in [9.17, 15) is 10.1 Å². The van der Waals surface area contributed by atoms with E-state index in [1.807, 2.05) is 29.8 Å². The average molecular weight is 422 g/mol. The molecule has 1 unspecified atom stereocenters. The number of hydrogen-bond donors (Lipinski definition) is 1. The summed E-state index contributed by atoms with van der Waals surface area (Å²) < 4.78 is 1.86. The highest BCUT2D eigenvalue weighted by molar-refractivity contribution is 6.31. The molecule has 0 bridgehead atoms. The third kappa shape index (κ3) is 4.11. The molecule has 0 saturated carbocycles. The minimum atomic E-state index is -0.221. The molecule has 0 spiro atoms. The summed E-state index contributed by atoms with van der Waals surface area (Å²) in [5.74, 6) is 1.92.